The van der Waals surface area contributed by atoms with Crippen LogP contribution in [0.1, 0.15) is 12.8 Å². The van der Waals surface area contributed by atoms with E-state index < -0.39 is 24.9 Å². The molecule has 1 aliphatic carbocycles. The molecule has 2 amide bonds. The van der Waals surface area contributed by atoms with E-state index in [2.05, 4.69) is 10.6 Å². The zero-order chi connectivity index (χ0) is 16.2. The number of halogens is 3. The molecule has 0 saturated heterocycles. The Balaban J connectivity index is 1.94. The zero-order valence-corrected chi connectivity index (χ0v) is 11.7. The number of hydrogen-bond acceptors (Lipinski definition) is 3. The standard InChI is InChI=1S/C14H17F3N2O3/c15-9-1-2-10(11(5-9)22-6-12(16)17)19-13(21)18-7-14(8-20)3-4-14/h1-2,5,12,20H,3-4,6-8H2,(H2,18,19,21). The lowest BCUT2D eigenvalue weighted by Crippen LogP contribution is -2.35. The number of rotatable bonds is 7. The van der Waals surface area contributed by atoms with Gasteiger partial charge in [-0.2, -0.15) is 0 Å². The van der Waals surface area contributed by atoms with Crippen LogP contribution in [0.3, 0.4) is 0 Å². The SMILES string of the molecule is O=C(NCC1(CO)CC1)Nc1ccc(F)cc1OCC(F)F. The second kappa shape index (κ2) is 6.87. The molecule has 0 radical (unpaired) electrons. The number of aliphatic hydroxyl groups is 1. The van der Waals surface area contributed by atoms with Gasteiger partial charge in [0.25, 0.3) is 6.43 Å². The van der Waals surface area contributed by atoms with Crippen molar-refractivity contribution in [3.8, 4) is 5.75 Å². The van der Waals surface area contributed by atoms with E-state index in [1.165, 1.54) is 6.07 Å². The molecule has 1 aromatic rings. The molecule has 0 aliphatic heterocycles. The summed E-state index contributed by atoms with van der Waals surface area (Å²) in [5.74, 6) is -0.828. The van der Waals surface area contributed by atoms with E-state index in [-0.39, 0.29) is 23.5 Å². The Morgan fingerprint density at radius 2 is 2.14 bits per heavy atom. The molecular weight excluding hydrogens is 301 g/mol. The number of carbonyl (C=O) groups is 1. The molecule has 0 atom stereocenters. The Kier molecular flexibility index (Phi) is 5.12. The number of nitrogens with one attached hydrogen (secondary N) is 2. The molecule has 0 aromatic heterocycles. The molecule has 3 N–H and O–H groups in total. The summed E-state index contributed by atoms with van der Waals surface area (Å²) in [6.45, 7) is -0.594. The highest BCUT2D eigenvalue weighted by Gasteiger charge is 2.42. The van der Waals surface area contributed by atoms with Crippen molar-refractivity contribution in [1.29, 1.82) is 0 Å². The maximum atomic E-state index is 13.1. The van der Waals surface area contributed by atoms with Gasteiger partial charge < -0.3 is 20.5 Å². The van der Waals surface area contributed by atoms with Crippen LogP contribution >= 0.6 is 0 Å². The number of aliphatic hydroxyl groups excluding tert-OH is 1. The fourth-order valence-electron chi connectivity index (χ4n) is 1.87. The Morgan fingerprint density at radius 3 is 2.73 bits per heavy atom. The summed E-state index contributed by atoms with van der Waals surface area (Å²) in [7, 11) is 0. The molecule has 1 aliphatic rings. The van der Waals surface area contributed by atoms with Crippen LogP contribution in [0.25, 0.3) is 0 Å². The molecule has 1 saturated carbocycles. The third-order valence-electron chi connectivity index (χ3n) is 3.47. The van der Waals surface area contributed by atoms with Crippen molar-refractivity contribution in [3.05, 3.63) is 24.0 Å². The first-order valence-corrected chi connectivity index (χ1v) is 6.80. The fraction of sp³-hybridized carbons (Fsp3) is 0.500. The third kappa shape index (κ3) is 4.52. The average Bonchev–Trinajstić information content (AvgIpc) is 3.26. The first-order chi connectivity index (χ1) is 10.4. The number of carbonyl (C=O) groups excluding carboxylic acids is 1. The second-order valence-electron chi connectivity index (χ2n) is 5.31. The van der Waals surface area contributed by atoms with Crippen molar-refractivity contribution in [3.63, 3.8) is 0 Å². The van der Waals surface area contributed by atoms with Gasteiger partial charge in [-0.3, -0.25) is 0 Å². The van der Waals surface area contributed by atoms with Crippen molar-refractivity contribution >= 4 is 11.7 Å². The van der Waals surface area contributed by atoms with Crippen LogP contribution in [-0.2, 0) is 0 Å². The zero-order valence-electron chi connectivity index (χ0n) is 11.7. The van der Waals surface area contributed by atoms with Crippen molar-refractivity contribution in [2.75, 3.05) is 25.1 Å². The van der Waals surface area contributed by atoms with E-state index in [4.69, 9.17) is 9.84 Å². The summed E-state index contributed by atoms with van der Waals surface area (Å²) in [6.07, 6.45) is -1.03. The van der Waals surface area contributed by atoms with Gasteiger partial charge in [-0.15, -0.1) is 0 Å². The van der Waals surface area contributed by atoms with Gasteiger partial charge in [0.2, 0.25) is 0 Å². The number of urea groups is 1. The summed E-state index contributed by atoms with van der Waals surface area (Å²) >= 11 is 0. The average molecular weight is 318 g/mol. The van der Waals surface area contributed by atoms with E-state index in [0.29, 0.717) is 6.54 Å². The van der Waals surface area contributed by atoms with Crippen LogP contribution in [0.5, 0.6) is 5.75 Å². The van der Waals surface area contributed by atoms with Crippen LogP contribution in [-0.4, -0.2) is 37.3 Å². The van der Waals surface area contributed by atoms with Gasteiger partial charge in [0, 0.05) is 18.0 Å². The van der Waals surface area contributed by atoms with E-state index in [9.17, 15) is 18.0 Å². The molecule has 0 bridgehead atoms. The summed E-state index contributed by atoms with van der Waals surface area (Å²) in [5.41, 5.74) is -0.164. The molecule has 1 aromatic carbocycles. The molecule has 8 heteroatoms. The highest BCUT2D eigenvalue weighted by molar-refractivity contribution is 5.90. The molecule has 1 fully saturated rings. The van der Waals surface area contributed by atoms with Gasteiger partial charge >= 0.3 is 6.03 Å². The lowest BCUT2D eigenvalue weighted by atomic mass is 10.1. The predicted molar refractivity (Wildman–Crippen MR) is 73.7 cm³/mol. The topological polar surface area (TPSA) is 70.6 Å². The van der Waals surface area contributed by atoms with Crippen molar-refractivity contribution in [1.82, 2.24) is 5.32 Å². The van der Waals surface area contributed by atoms with Crippen molar-refractivity contribution in [2.24, 2.45) is 5.41 Å². The summed E-state index contributed by atoms with van der Waals surface area (Å²) in [6, 6.07) is 2.66. The van der Waals surface area contributed by atoms with E-state index in [1.807, 2.05) is 0 Å². The number of alkyl halides is 2. The van der Waals surface area contributed by atoms with Gasteiger partial charge in [-0.05, 0) is 25.0 Å². The van der Waals surface area contributed by atoms with E-state index in [1.54, 1.807) is 0 Å². The molecule has 2 rings (SSSR count). The smallest absolute Gasteiger partial charge is 0.319 e. The van der Waals surface area contributed by atoms with E-state index in [0.717, 1.165) is 25.0 Å². The lowest BCUT2D eigenvalue weighted by Gasteiger charge is -2.15. The largest absolute Gasteiger partial charge is 0.485 e. The van der Waals surface area contributed by atoms with Crippen molar-refractivity contribution in [2.45, 2.75) is 19.3 Å². The van der Waals surface area contributed by atoms with Crippen LogP contribution in [0.2, 0.25) is 0 Å². The Bertz CT molecular complexity index is 536. The van der Waals surface area contributed by atoms with Gasteiger partial charge in [0.15, 0.2) is 0 Å². The summed E-state index contributed by atoms with van der Waals surface area (Å²) < 4.78 is 42.3. The summed E-state index contributed by atoms with van der Waals surface area (Å²) in [4.78, 5) is 11.8. The lowest BCUT2D eigenvalue weighted by molar-refractivity contribution is 0.0821. The minimum absolute atomic E-state index is 0.00736. The maximum Gasteiger partial charge on any atom is 0.319 e. The Labute approximate surface area is 125 Å². The predicted octanol–water partition coefficient (Wildman–Crippen LogP) is 2.36. The molecular formula is C14H17F3N2O3. The Morgan fingerprint density at radius 1 is 1.41 bits per heavy atom. The first kappa shape index (κ1) is 16.4. The van der Waals surface area contributed by atoms with Crippen LogP contribution in [0.4, 0.5) is 23.7 Å². The van der Waals surface area contributed by atoms with Crippen LogP contribution in [0, 0.1) is 11.2 Å². The highest BCUT2D eigenvalue weighted by Crippen LogP contribution is 2.44. The molecule has 0 heterocycles. The summed E-state index contributed by atoms with van der Waals surface area (Å²) in [5, 5.41) is 14.2. The molecule has 5 nitrogen and oxygen atoms in total. The number of anilines is 1. The number of benzene rings is 1. The maximum absolute atomic E-state index is 13.1. The first-order valence-electron chi connectivity index (χ1n) is 6.80. The Hall–Kier alpha value is -1.96. The van der Waals surface area contributed by atoms with Crippen LogP contribution < -0.4 is 15.4 Å². The quantitative estimate of drug-likeness (QED) is 0.723. The number of ether oxygens (including phenoxy) is 1. The number of amides is 2. The minimum atomic E-state index is -2.70. The van der Waals surface area contributed by atoms with Gasteiger partial charge in [0.1, 0.15) is 18.2 Å². The third-order valence-corrected chi connectivity index (χ3v) is 3.47. The second-order valence-corrected chi connectivity index (χ2v) is 5.31. The monoisotopic (exact) mass is 318 g/mol. The normalized spacial score (nSPS) is 15.5. The molecule has 22 heavy (non-hydrogen) atoms. The molecule has 0 unspecified atom stereocenters. The number of hydrogen-bond donors (Lipinski definition) is 3. The molecule has 0 spiro atoms. The highest BCUT2D eigenvalue weighted by atomic mass is 19.3. The van der Waals surface area contributed by atoms with Gasteiger partial charge in [0.05, 0.1) is 12.3 Å². The van der Waals surface area contributed by atoms with Gasteiger partial charge in [-0.25, -0.2) is 18.0 Å². The van der Waals surface area contributed by atoms with Gasteiger partial charge in [-0.1, -0.05) is 0 Å². The fourth-order valence-corrected chi connectivity index (χ4v) is 1.87. The molecule has 122 valence electrons. The van der Waals surface area contributed by atoms with Crippen LogP contribution in [0.15, 0.2) is 18.2 Å². The minimum Gasteiger partial charge on any atom is -0.485 e. The van der Waals surface area contributed by atoms with E-state index >= 15 is 0 Å². The van der Waals surface area contributed by atoms with Crippen molar-refractivity contribution < 1.29 is 27.8 Å².